The van der Waals surface area contributed by atoms with Gasteiger partial charge in [0.2, 0.25) is 0 Å². The average molecular weight is 594 g/mol. The molecule has 5 rings (SSSR count). The van der Waals surface area contributed by atoms with Crippen LogP contribution in [0, 0.1) is 27.2 Å². The van der Waals surface area contributed by atoms with Gasteiger partial charge in [-0.2, -0.15) is 0 Å². The number of carbonyl (C=O) groups is 1. The van der Waals surface area contributed by atoms with E-state index in [9.17, 15) is 25.0 Å². The van der Waals surface area contributed by atoms with E-state index in [0.717, 1.165) is 27.7 Å². The molecule has 0 unspecified atom stereocenters. The molecule has 0 atom stereocenters. The molecule has 3 aromatic carbocycles. The SMILES string of the molecule is CCOc1ccc2nc(Sc3ccc(/C=C4\SC(=Nc5ccc(C)c([N+](=O)[O-])c5)NC4=O)cc3[N+](=O)[O-])sc2c1. The van der Waals surface area contributed by atoms with E-state index in [2.05, 4.69) is 15.3 Å². The zero-order valence-electron chi connectivity index (χ0n) is 20.9. The van der Waals surface area contributed by atoms with E-state index in [4.69, 9.17) is 4.74 Å². The van der Waals surface area contributed by atoms with Gasteiger partial charge in [-0.05, 0) is 67.6 Å². The van der Waals surface area contributed by atoms with Gasteiger partial charge in [0.1, 0.15) is 5.75 Å². The number of nitrogens with one attached hydrogen (secondary N) is 1. The van der Waals surface area contributed by atoms with Gasteiger partial charge in [-0.3, -0.25) is 25.0 Å². The number of thiazole rings is 1. The number of ether oxygens (including phenoxy) is 1. The lowest BCUT2D eigenvalue weighted by Gasteiger charge is -2.02. The predicted molar refractivity (Wildman–Crippen MR) is 157 cm³/mol. The number of benzene rings is 3. The van der Waals surface area contributed by atoms with Crippen molar-refractivity contribution < 1.29 is 19.4 Å². The molecular weight excluding hydrogens is 575 g/mol. The van der Waals surface area contributed by atoms with Crippen molar-refractivity contribution in [3.8, 4) is 5.75 Å². The van der Waals surface area contributed by atoms with E-state index in [0.29, 0.717) is 32.7 Å². The number of thioether (sulfide) groups is 1. The monoisotopic (exact) mass is 593 g/mol. The number of nitrogens with zero attached hydrogens (tertiary/aromatic N) is 4. The summed E-state index contributed by atoms with van der Waals surface area (Å²) in [6.07, 6.45) is 1.54. The highest BCUT2D eigenvalue weighted by Gasteiger charge is 2.25. The Morgan fingerprint density at radius 1 is 1.07 bits per heavy atom. The van der Waals surface area contributed by atoms with Crippen LogP contribution in [0.15, 0.2) is 73.7 Å². The summed E-state index contributed by atoms with van der Waals surface area (Å²) < 4.78 is 7.11. The number of aromatic nitrogens is 1. The Labute approximate surface area is 239 Å². The second-order valence-electron chi connectivity index (χ2n) is 8.34. The fourth-order valence-corrected chi connectivity index (χ4v) is 6.72. The zero-order valence-corrected chi connectivity index (χ0v) is 23.4. The van der Waals surface area contributed by atoms with Crippen molar-refractivity contribution in [2.45, 2.75) is 23.1 Å². The first-order valence-electron chi connectivity index (χ1n) is 11.7. The van der Waals surface area contributed by atoms with Crippen LogP contribution in [0.1, 0.15) is 18.1 Å². The summed E-state index contributed by atoms with van der Waals surface area (Å²) in [6.45, 7) is 4.08. The van der Waals surface area contributed by atoms with Crippen LogP contribution < -0.4 is 10.1 Å². The molecular formula is C26H19N5O6S3. The second kappa shape index (κ2) is 11.5. The van der Waals surface area contributed by atoms with Crippen molar-refractivity contribution in [3.63, 3.8) is 0 Å². The fourth-order valence-electron chi connectivity index (χ4n) is 3.74. The van der Waals surface area contributed by atoms with Gasteiger partial charge >= 0.3 is 0 Å². The Morgan fingerprint density at radius 2 is 1.88 bits per heavy atom. The van der Waals surface area contributed by atoms with Crippen LogP contribution in [-0.2, 0) is 4.79 Å². The van der Waals surface area contributed by atoms with Crippen LogP contribution in [0.25, 0.3) is 16.3 Å². The van der Waals surface area contributed by atoms with Crippen molar-refractivity contribution in [1.82, 2.24) is 10.3 Å². The number of aryl methyl sites for hydroxylation is 1. The fraction of sp³-hybridized carbons (Fsp3) is 0.115. The van der Waals surface area contributed by atoms with Gasteiger partial charge in [-0.15, -0.1) is 11.3 Å². The predicted octanol–water partition coefficient (Wildman–Crippen LogP) is 6.86. The standard InChI is InChI=1S/C26H19N5O6S3/c1-3-37-17-7-8-18-22(13-17)40-26(28-18)39-21-9-5-15(10-20(21)31(35)36)11-23-24(32)29-25(38-23)27-16-6-4-14(2)19(12-16)30(33)34/h4-13H,3H2,1-2H3,(H,27,29,32)/b23-11-. The summed E-state index contributed by atoms with van der Waals surface area (Å²) in [5.74, 6) is 0.313. The number of nitro groups is 2. The minimum atomic E-state index is -0.491. The van der Waals surface area contributed by atoms with Crippen molar-refractivity contribution in [2.75, 3.05) is 6.61 Å². The highest BCUT2D eigenvalue weighted by atomic mass is 32.2. The van der Waals surface area contributed by atoms with Gasteiger partial charge in [0.25, 0.3) is 17.3 Å². The third-order valence-electron chi connectivity index (χ3n) is 5.60. The normalized spacial score (nSPS) is 15.1. The van der Waals surface area contributed by atoms with Gasteiger partial charge in [0, 0.05) is 17.7 Å². The molecule has 0 aliphatic carbocycles. The van der Waals surface area contributed by atoms with Crippen LogP contribution in [0.5, 0.6) is 5.75 Å². The second-order valence-corrected chi connectivity index (χ2v) is 11.7. The number of amidine groups is 1. The third kappa shape index (κ3) is 5.98. The molecule has 40 heavy (non-hydrogen) atoms. The molecule has 1 aliphatic heterocycles. The minimum absolute atomic E-state index is 0.0710. The zero-order chi connectivity index (χ0) is 28.4. The lowest BCUT2D eigenvalue weighted by atomic mass is 10.2. The molecule has 0 bridgehead atoms. The molecule has 1 aliphatic rings. The van der Waals surface area contributed by atoms with E-state index in [1.165, 1.54) is 41.3 Å². The van der Waals surface area contributed by atoms with Gasteiger partial charge in [0.05, 0.1) is 42.2 Å². The number of rotatable bonds is 8. The Hall–Kier alpha value is -4.27. The number of aliphatic imine (C=N–C) groups is 1. The van der Waals surface area contributed by atoms with E-state index < -0.39 is 15.8 Å². The van der Waals surface area contributed by atoms with Crippen LogP contribution in [0.3, 0.4) is 0 Å². The largest absolute Gasteiger partial charge is 0.494 e. The first-order valence-corrected chi connectivity index (χ1v) is 14.2. The number of carbonyl (C=O) groups excluding carboxylic acids is 1. The Balaban J connectivity index is 1.37. The maximum Gasteiger partial charge on any atom is 0.283 e. The molecule has 0 spiro atoms. The number of nitro benzene ring substituents is 2. The van der Waals surface area contributed by atoms with Crippen LogP contribution in [0.2, 0.25) is 0 Å². The maximum absolute atomic E-state index is 12.5. The summed E-state index contributed by atoms with van der Waals surface area (Å²) in [5.41, 5.74) is 1.88. The Kier molecular flexibility index (Phi) is 7.82. The van der Waals surface area contributed by atoms with Crippen LogP contribution >= 0.6 is 34.9 Å². The van der Waals surface area contributed by atoms with Gasteiger partial charge in [-0.1, -0.05) is 23.9 Å². The molecule has 14 heteroatoms. The highest BCUT2D eigenvalue weighted by Crippen LogP contribution is 2.40. The summed E-state index contributed by atoms with van der Waals surface area (Å²) in [6, 6.07) is 14.8. The van der Waals surface area contributed by atoms with Crippen molar-refractivity contribution in [2.24, 2.45) is 4.99 Å². The first-order chi connectivity index (χ1) is 19.2. The highest BCUT2D eigenvalue weighted by molar-refractivity contribution is 8.18. The van der Waals surface area contributed by atoms with E-state index in [1.54, 1.807) is 31.2 Å². The number of fused-ring (bicyclic) bond motifs is 1. The van der Waals surface area contributed by atoms with Gasteiger partial charge in [-0.25, -0.2) is 9.98 Å². The molecule has 11 nitrogen and oxygen atoms in total. The van der Waals surface area contributed by atoms with E-state index >= 15 is 0 Å². The van der Waals surface area contributed by atoms with E-state index in [1.807, 2.05) is 25.1 Å². The first kappa shape index (κ1) is 27.3. The lowest BCUT2D eigenvalue weighted by molar-refractivity contribution is -0.387. The maximum atomic E-state index is 12.5. The molecule has 1 fully saturated rings. The van der Waals surface area contributed by atoms with Crippen molar-refractivity contribution in [1.29, 1.82) is 0 Å². The molecule has 4 aromatic rings. The summed E-state index contributed by atoms with van der Waals surface area (Å²) in [5, 5.41) is 26.0. The van der Waals surface area contributed by atoms with Crippen LogP contribution in [0.4, 0.5) is 17.1 Å². The Bertz CT molecular complexity index is 1750. The lowest BCUT2D eigenvalue weighted by Crippen LogP contribution is -2.19. The quantitative estimate of drug-likeness (QED) is 0.131. The molecule has 2 heterocycles. The smallest absolute Gasteiger partial charge is 0.283 e. The average Bonchev–Trinajstić information content (AvgIpc) is 3.47. The summed E-state index contributed by atoms with van der Waals surface area (Å²) in [4.78, 5) is 44.3. The molecule has 0 radical (unpaired) electrons. The molecule has 0 saturated carbocycles. The topological polar surface area (TPSA) is 150 Å². The van der Waals surface area contributed by atoms with Crippen molar-refractivity contribution >= 4 is 79.3 Å². The Morgan fingerprint density at radius 3 is 2.62 bits per heavy atom. The summed E-state index contributed by atoms with van der Waals surface area (Å²) >= 11 is 3.66. The number of hydrogen-bond acceptors (Lipinski definition) is 11. The van der Waals surface area contributed by atoms with Crippen LogP contribution in [-0.4, -0.2) is 32.5 Å². The third-order valence-corrected chi connectivity index (χ3v) is 8.65. The number of hydrogen-bond donors (Lipinski definition) is 1. The van der Waals surface area contributed by atoms with Crippen molar-refractivity contribution in [3.05, 3.63) is 90.9 Å². The molecule has 1 saturated heterocycles. The van der Waals surface area contributed by atoms with E-state index in [-0.39, 0.29) is 21.4 Å². The molecule has 1 amide bonds. The van der Waals surface area contributed by atoms with Gasteiger partial charge in [0.15, 0.2) is 9.51 Å². The molecule has 202 valence electrons. The molecule has 1 aromatic heterocycles. The van der Waals surface area contributed by atoms with Gasteiger partial charge < -0.3 is 10.1 Å². The molecule has 1 N–H and O–H groups in total. The number of amides is 1. The minimum Gasteiger partial charge on any atom is -0.494 e. The summed E-state index contributed by atoms with van der Waals surface area (Å²) in [7, 11) is 0.